The van der Waals surface area contributed by atoms with Crippen LogP contribution < -0.4 is 0 Å². The Morgan fingerprint density at radius 1 is 1.04 bits per heavy atom. The number of amides is 1. The molecule has 1 heterocycles. The zero-order valence-electron chi connectivity index (χ0n) is 12.7. The van der Waals surface area contributed by atoms with Crippen molar-refractivity contribution in [3.05, 3.63) is 69.2 Å². The van der Waals surface area contributed by atoms with Crippen molar-refractivity contribution in [2.75, 3.05) is 26.2 Å². The lowest BCUT2D eigenvalue weighted by Gasteiger charge is -2.35. The van der Waals surface area contributed by atoms with Crippen molar-refractivity contribution in [2.24, 2.45) is 0 Å². The van der Waals surface area contributed by atoms with Crippen LogP contribution >= 0.6 is 27.5 Å². The molecule has 1 saturated heterocycles. The number of rotatable bonds is 3. The standard InChI is InChI=1S/C18H18BrClN2O/c19-16-6-3-5-14(12-16)18(23)22-10-8-21(9-11-22)13-15-4-1-2-7-17(15)20/h1-7,12H,8-11,13H2. The lowest BCUT2D eigenvalue weighted by Crippen LogP contribution is -2.48. The average Bonchev–Trinajstić information content (AvgIpc) is 2.57. The molecule has 0 aromatic heterocycles. The molecule has 0 unspecified atom stereocenters. The molecular formula is C18H18BrClN2O. The maximum Gasteiger partial charge on any atom is 0.253 e. The first kappa shape index (κ1) is 16.5. The minimum absolute atomic E-state index is 0.101. The summed E-state index contributed by atoms with van der Waals surface area (Å²) in [5.74, 6) is 0.101. The van der Waals surface area contributed by atoms with E-state index in [1.54, 1.807) is 0 Å². The first-order chi connectivity index (χ1) is 11.1. The fourth-order valence-electron chi connectivity index (χ4n) is 2.78. The quantitative estimate of drug-likeness (QED) is 0.785. The van der Waals surface area contributed by atoms with E-state index in [-0.39, 0.29) is 5.91 Å². The van der Waals surface area contributed by atoms with Gasteiger partial charge in [-0.05, 0) is 29.8 Å². The van der Waals surface area contributed by atoms with E-state index in [0.29, 0.717) is 0 Å². The fraction of sp³-hybridized carbons (Fsp3) is 0.278. The molecule has 23 heavy (non-hydrogen) atoms. The zero-order chi connectivity index (χ0) is 16.2. The van der Waals surface area contributed by atoms with Gasteiger partial charge in [0, 0.05) is 47.8 Å². The molecule has 3 nitrogen and oxygen atoms in total. The van der Waals surface area contributed by atoms with Gasteiger partial charge >= 0.3 is 0 Å². The molecule has 120 valence electrons. The Morgan fingerprint density at radius 3 is 2.48 bits per heavy atom. The van der Waals surface area contributed by atoms with Gasteiger partial charge < -0.3 is 4.90 Å². The minimum Gasteiger partial charge on any atom is -0.336 e. The number of hydrogen-bond acceptors (Lipinski definition) is 2. The molecule has 0 spiro atoms. The number of benzene rings is 2. The Hall–Kier alpha value is -1.36. The van der Waals surface area contributed by atoms with E-state index in [2.05, 4.69) is 26.9 Å². The van der Waals surface area contributed by atoms with Gasteiger partial charge in [0.2, 0.25) is 0 Å². The van der Waals surface area contributed by atoms with Crippen molar-refractivity contribution in [1.82, 2.24) is 9.80 Å². The van der Waals surface area contributed by atoms with E-state index < -0.39 is 0 Å². The molecule has 0 aliphatic carbocycles. The summed E-state index contributed by atoms with van der Waals surface area (Å²) in [5, 5.41) is 0.806. The van der Waals surface area contributed by atoms with Crippen LogP contribution in [0.3, 0.4) is 0 Å². The molecule has 0 saturated carbocycles. The second-order valence-corrected chi connectivity index (χ2v) is 6.99. The van der Waals surface area contributed by atoms with Crippen molar-refractivity contribution in [3.63, 3.8) is 0 Å². The van der Waals surface area contributed by atoms with Gasteiger partial charge in [-0.1, -0.05) is 51.8 Å². The van der Waals surface area contributed by atoms with Crippen molar-refractivity contribution < 1.29 is 4.79 Å². The monoisotopic (exact) mass is 392 g/mol. The van der Waals surface area contributed by atoms with Crippen molar-refractivity contribution in [1.29, 1.82) is 0 Å². The molecule has 0 radical (unpaired) electrons. The third kappa shape index (κ3) is 4.14. The maximum atomic E-state index is 12.5. The van der Waals surface area contributed by atoms with Crippen LogP contribution in [0.5, 0.6) is 0 Å². The highest BCUT2D eigenvalue weighted by Gasteiger charge is 2.22. The summed E-state index contributed by atoms with van der Waals surface area (Å²) < 4.78 is 0.931. The SMILES string of the molecule is O=C(c1cccc(Br)c1)N1CCN(Cc2ccccc2Cl)CC1. The zero-order valence-corrected chi connectivity index (χ0v) is 15.1. The summed E-state index contributed by atoms with van der Waals surface area (Å²) in [6.45, 7) is 4.06. The Balaban J connectivity index is 1.58. The summed E-state index contributed by atoms with van der Waals surface area (Å²) in [4.78, 5) is 16.8. The molecule has 1 fully saturated rings. The molecule has 0 bridgehead atoms. The molecule has 1 amide bonds. The molecule has 2 aromatic carbocycles. The number of halogens is 2. The molecule has 5 heteroatoms. The second kappa shape index (κ2) is 7.47. The third-order valence-electron chi connectivity index (χ3n) is 4.08. The molecule has 1 aliphatic heterocycles. The van der Waals surface area contributed by atoms with E-state index in [4.69, 9.17) is 11.6 Å². The highest BCUT2D eigenvalue weighted by molar-refractivity contribution is 9.10. The average molecular weight is 394 g/mol. The van der Waals surface area contributed by atoms with Crippen LogP contribution in [0, 0.1) is 0 Å². The van der Waals surface area contributed by atoms with E-state index in [9.17, 15) is 4.79 Å². The van der Waals surface area contributed by atoms with Gasteiger partial charge in [0.05, 0.1) is 0 Å². The number of piperazine rings is 1. The van der Waals surface area contributed by atoms with Crippen molar-refractivity contribution >= 4 is 33.4 Å². The van der Waals surface area contributed by atoms with Crippen molar-refractivity contribution in [2.45, 2.75) is 6.54 Å². The number of nitrogens with zero attached hydrogens (tertiary/aromatic N) is 2. The highest BCUT2D eigenvalue weighted by atomic mass is 79.9. The summed E-state index contributed by atoms with van der Waals surface area (Å²) in [6.07, 6.45) is 0. The topological polar surface area (TPSA) is 23.6 Å². The minimum atomic E-state index is 0.101. The first-order valence-electron chi connectivity index (χ1n) is 7.64. The summed E-state index contributed by atoms with van der Waals surface area (Å²) in [6, 6.07) is 15.5. The predicted octanol–water partition coefficient (Wildman–Crippen LogP) is 4.06. The summed E-state index contributed by atoms with van der Waals surface area (Å²) in [5.41, 5.74) is 1.87. The van der Waals surface area contributed by atoms with E-state index in [0.717, 1.165) is 53.3 Å². The van der Waals surface area contributed by atoms with Gasteiger partial charge in [-0.3, -0.25) is 9.69 Å². The Morgan fingerprint density at radius 2 is 1.78 bits per heavy atom. The third-order valence-corrected chi connectivity index (χ3v) is 4.94. The number of hydrogen-bond donors (Lipinski definition) is 0. The van der Waals surface area contributed by atoms with Crippen LogP contribution in [0.4, 0.5) is 0 Å². The second-order valence-electron chi connectivity index (χ2n) is 5.67. The Kier molecular flexibility index (Phi) is 5.36. The number of carbonyl (C=O) groups excluding carboxylic acids is 1. The summed E-state index contributed by atoms with van der Waals surface area (Å²) in [7, 11) is 0. The normalized spacial score (nSPS) is 15.7. The van der Waals surface area contributed by atoms with E-state index >= 15 is 0 Å². The molecule has 0 N–H and O–H groups in total. The highest BCUT2D eigenvalue weighted by Crippen LogP contribution is 2.19. The van der Waals surface area contributed by atoms with Gasteiger partial charge in [-0.15, -0.1) is 0 Å². The van der Waals surface area contributed by atoms with Crippen LogP contribution in [-0.2, 0) is 6.54 Å². The lowest BCUT2D eigenvalue weighted by molar-refractivity contribution is 0.0628. The number of carbonyl (C=O) groups is 1. The van der Waals surface area contributed by atoms with Crippen LogP contribution in [0.1, 0.15) is 15.9 Å². The van der Waals surface area contributed by atoms with Crippen LogP contribution in [-0.4, -0.2) is 41.9 Å². The van der Waals surface area contributed by atoms with Gasteiger partial charge in [0.25, 0.3) is 5.91 Å². The Bertz CT molecular complexity index is 699. The van der Waals surface area contributed by atoms with Gasteiger partial charge in [0.1, 0.15) is 0 Å². The predicted molar refractivity (Wildman–Crippen MR) is 96.8 cm³/mol. The molecular weight excluding hydrogens is 376 g/mol. The van der Waals surface area contributed by atoms with Crippen molar-refractivity contribution in [3.8, 4) is 0 Å². The van der Waals surface area contributed by atoms with Crippen LogP contribution in [0.15, 0.2) is 53.0 Å². The maximum absolute atomic E-state index is 12.5. The van der Waals surface area contributed by atoms with E-state index in [1.165, 1.54) is 0 Å². The van der Waals surface area contributed by atoms with Crippen LogP contribution in [0.2, 0.25) is 5.02 Å². The van der Waals surface area contributed by atoms with Crippen LogP contribution in [0.25, 0.3) is 0 Å². The fourth-order valence-corrected chi connectivity index (χ4v) is 3.38. The molecule has 0 atom stereocenters. The largest absolute Gasteiger partial charge is 0.336 e. The Labute approximate surface area is 150 Å². The van der Waals surface area contributed by atoms with E-state index in [1.807, 2.05) is 47.4 Å². The smallest absolute Gasteiger partial charge is 0.253 e. The summed E-state index contributed by atoms with van der Waals surface area (Å²) >= 11 is 9.64. The molecule has 2 aromatic rings. The first-order valence-corrected chi connectivity index (χ1v) is 8.81. The van der Waals surface area contributed by atoms with Gasteiger partial charge in [-0.25, -0.2) is 0 Å². The van der Waals surface area contributed by atoms with Gasteiger partial charge in [-0.2, -0.15) is 0 Å². The lowest BCUT2D eigenvalue weighted by atomic mass is 10.1. The molecule has 1 aliphatic rings. The molecule has 3 rings (SSSR count). The van der Waals surface area contributed by atoms with Gasteiger partial charge in [0.15, 0.2) is 0 Å².